The summed E-state index contributed by atoms with van der Waals surface area (Å²) >= 11 is 5.92. The number of amides is 1. The normalized spacial score (nSPS) is 12.3. The maximum Gasteiger partial charge on any atom is 0.243 e. The lowest BCUT2D eigenvalue weighted by Crippen LogP contribution is -2.40. The summed E-state index contributed by atoms with van der Waals surface area (Å²) in [4.78, 5) is 16.3. The van der Waals surface area contributed by atoms with Crippen molar-refractivity contribution < 1.29 is 4.79 Å². The number of fused-ring (bicyclic) bond motifs is 1. The molecule has 1 amide bonds. The van der Waals surface area contributed by atoms with Crippen LogP contribution >= 0.6 is 24.0 Å². The Morgan fingerprint density at radius 1 is 1.45 bits per heavy atom. The van der Waals surface area contributed by atoms with E-state index in [-0.39, 0.29) is 24.2 Å². The predicted molar refractivity (Wildman–Crippen MR) is 84.4 cm³/mol. The Labute approximate surface area is 128 Å². The van der Waals surface area contributed by atoms with Gasteiger partial charge in [-0.2, -0.15) is 0 Å². The molecule has 0 unspecified atom stereocenters. The van der Waals surface area contributed by atoms with E-state index >= 15 is 0 Å². The summed E-state index contributed by atoms with van der Waals surface area (Å²) in [5, 5.41) is 3.36. The van der Waals surface area contributed by atoms with Crippen molar-refractivity contribution in [3.8, 4) is 0 Å². The molecule has 1 atom stereocenters. The molecule has 1 heterocycles. The zero-order chi connectivity index (χ0) is 14.2. The molecule has 0 saturated heterocycles. The Hall–Kier alpha value is -1.30. The van der Waals surface area contributed by atoms with E-state index in [0.717, 1.165) is 11.0 Å². The van der Waals surface area contributed by atoms with Crippen molar-refractivity contribution >= 4 is 46.9 Å². The molecule has 7 heteroatoms. The molecule has 0 aliphatic rings. The lowest BCUT2D eigenvalue weighted by atomic mass is 10.1. The van der Waals surface area contributed by atoms with Crippen LogP contribution in [0.4, 0.5) is 5.95 Å². The first-order valence-corrected chi connectivity index (χ1v) is 6.46. The number of aryl methyl sites for hydroxylation is 1. The van der Waals surface area contributed by atoms with Gasteiger partial charge in [0.25, 0.3) is 0 Å². The first-order chi connectivity index (χ1) is 8.90. The smallest absolute Gasteiger partial charge is 0.243 e. The summed E-state index contributed by atoms with van der Waals surface area (Å²) in [6.45, 7) is 3.80. The van der Waals surface area contributed by atoms with Gasteiger partial charge in [-0.25, -0.2) is 4.98 Å². The number of benzene rings is 1. The predicted octanol–water partition coefficient (Wildman–Crippen LogP) is 2.57. The highest BCUT2D eigenvalue weighted by Crippen LogP contribution is 2.22. The molecule has 110 valence electrons. The molecule has 0 saturated carbocycles. The SMILES string of the molecule is CC(C)[C@H](N)C(=O)Nc1nc2cc(Cl)ccc2n1C.Cl. The first-order valence-electron chi connectivity index (χ1n) is 6.08. The summed E-state index contributed by atoms with van der Waals surface area (Å²) in [6.07, 6.45) is 0. The third-order valence-corrected chi connectivity index (χ3v) is 3.33. The number of nitrogens with two attached hydrogens (primary N) is 1. The fraction of sp³-hybridized carbons (Fsp3) is 0.385. The van der Waals surface area contributed by atoms with Crippen molar-refractivity contribution in [2.45, 2.75) is 19.9 Å². The van der Waals surface area contributed by atoms with E-state index in [1.807, 2.05) is 27.0 Å². The average Bonchev–Trinajstić information content (AvgIpc) is 2.64. The second-order valence-electron chi connectivity index (χ2n) is 4.89. The lowest BCUT2D eigenvalue weighted by Gasteiger charge is -2.14. The number of imidazole rings is 1. The molecule has 0 radical (unpaired) electrons. The van der Waals surface area contributed by atoms with E-state index in [1.165, 1.54) is 0 Å². The molecular formula is C13H18Cl2N4O. The van der Waals surface area contributed by atoms with E-state index in [1.54, 1.807) is 16.7 Å². The van der Waals surface area contributed by atoms with Crippen molar-refractivity contribution in [3.63, 3.8) is 0 Å². The monoisotopic (exact) mass is 316 g/mol. The maximum absolute atomic E-state index is 11.9. The second-order valence-corrected chi connectivity index (χ2v) is 5.32. The van der Waals surface area contributed by atoms with Crippen LogP contribution in [-0.4, -0.2) is 21.5 Å². The summed E-state index contributed by atoms with van der Waals surface area (Å²) in [5.41, 5.74) is 7.45. The van der Waals surface area contributed by atoms with E-state index in [0.29, 0.717) is 11.0 Å². The zero-order valence-electron chi connectivity index (χ0n) is 11.6. The third-order valence-electron chi connectivity index (χ3n) is 3.10. The standard InChI is InChI=1S/C13H17ClN4O.ClH/c1-7(2)11(15)12(19)17-13-16-9-6-8(14)4-5-10(9)18(13)3;/h4-7,11H,15H2,1-3H3,(H,16,17,19);1H/t11-;/m0./s1. The molecule has 0 aliphatic carbocycles. The molecule has 5 nitrogen and oxygen atoms in total. The Bertz CT molecular complexity index is 624. The number of carbonyl (C=O) groups is 1. The van der Waals surface area contributed by atoms with Crippen LogP contribution < -0.4 is 11.1 Å². The number of anilines is 1. The van der Waals surface area contributed by atoms with E-state index in [9.17, 15) is 4.79 Å². The Balaban J connectivity index is 0.00000200. The highest BCUT2D eigenvalue weighted by molar-refractivity contribution is 6.31. The fourth-order valence-electron chi connectivity index (χ4n) is 1.78. The van der Waals surface area contributed by atoms with Gasteiger partial charge < -0.3 is 10.3 Å². The number of hydrogen-bond acceptors (Lipinski definition) is 3. The van der Waals surface area contributed by atoms with Crippen LogP contribution in [0.15, 0.2) is 18.2 Å². The van der Waals surface area contributed by atoms with Gasteiger partial charge in [-0.1, -0.05) is 25.4 Å². The van der Waals surface area contributed by atoms with E-state index in [4.69, 9.17) is 17.3 Å². The molecule has 2 rings (SSSR count). The largest absolute Gasteiger partial charge is 0.320 e. The molecule has 0 bridgehead atoms. The van der Waals surface area contributed by atoms with Crippen LogP contribution in [0.3, 0.4) is 0 Å². The molecule has 1 aromatic heterocycles. The van der Waals surface area contributed by atoms with Crippen molar-refractivity contribution in [1.82, 2.24) is 9.55 Å². The highest BCUT2D eigenvalue weighted by atomic mass is 35.5. The number of nitrogens with one attached hydrogen (secondary N) is 1. The molecule has 0 aliphatic heterocycles. The minimum Gasteiger partial charge on any atom is -0.320 e. The minimum atomic E-state index is -0.552. The van der Waals surface area contributed by atoms with Gasteiger partial charge in [-0.05, 0) is 24.1 Å². The number of halogens is 2. The summed E-state index contributed by atoms with van der Waals surface area (Å²) in [5.74, 6) is 0.307. The van der Waals surface area contributed by atoms with Crippen LogP contribution in [-0.2, 0) is 11.8 Å². The minimum absolute atomic E-state index is 0. The van der Waals surface area contributed by atoms with E-state index < -0.39 is 6.04 Å². The number of rotatable bonds is 3. The molecule has 3 N–H and O–H groups in total. The highest BCUT2D eigenvalue weighted by Gasteiger charge is 2.19. The van der Waals surface area contributed by atoms with Gasteiger partial charge in [-0.3, -0.25) is 10.1 Å². The summed E-state index contributed by atoms with van der Waals surface area (Å²) in [6, 6.07) is 4.86. The number of aromatic nitrogens is 2. The third kappa shape index (κ3) is 3.23. The first kappa shape index (κ1) is 16.8. The van der Waals surface area contributed by atoms with Crippen LogP contribution in [0.1, 0.15) is 13.8 Å². The Kier molecular flexibility index (Phi) is 5.39. The van der Waals surface area contributed by atoms with Gasteiger partial charge in [0.15, 0.2) is 0 Å². The number of carbonyl (C=O) groups excluding carboxylic acids is 1. The number of nitrogens with zero attached hydrogens (tertiary/aromatic N) is 2. The van der Waals surface area contributed by atoms with Crippen molar-refractivity contribution in [1.29, 1.82) is 0 Å². The Morgan fingerprint density at radius 2 is 2.10 bits per heavy atom. The molecular weight excluding hydrogens is 299 g/mol. The topological polar surface area (TPSA) is 72.9 Å². The van der Waals surface area contributed by atoms with Gasteiger partial charge in [0.05, 0.1) is 17.1 Å². The quantitative estimate of drug-likeness (QED) is 0.914. The number of hydrogen-bond donors (Lipinski definition) is 2. The van der Waals surface area contributed by atoms with E-state index in [2.05, 4.69) is 10.3 Å². The summed E-state index contributed by atoms with van der Waals surface area (Å²) in [7, 11) is 1.83. The van der Waals surface area contributed by atoms with Crippen LogP contribution in [0.5, 0.6) is 0 Å². The fourth-order valence-corrected chi connectivity index (χ4v) is 1.95. The van der Waals surface area contributed by atoms with Crippen molar-refractivity contribution in [2.75, 3.05) is 5.32 Å². The molecule has 20 heavy (non-hydrogen) atoms. The van der Waals surface area contributed by atoms with Gasteiger partial charge in [0.2, 0.25) is 11.9 Å². The Morgan fingerprint density at radius 3 is 2.70 bits per heavy atom. The van der Waals surface area contributed by atoms with Gasteiger partial charge in [0.1, 0.15) is 0 Å². The molecule has 0 spiro atoms. The zero-order valence-corrected chi connectivity index (χ0v) is 13.1. The average molecular weight is 317 g/mol. The van der Waals surface area contributed by atoms with Crippen LogP contribution in [0, 0.1) is 5.92 Å². The maximum atomic E-state index is 11.9. The summed E-state index contributed by atoms with van der Waals surface area (Å²) < 4.78 is 1.80. The molecule has 2 aromatic rings. The van der Waals surface area contributed by atoms with Gasteiger partial charge >= 0.3 is 0 Å². The van der Waals surface area contributed by atoms with Gasteiger partial charge in [-0.15, -0.1) is 12.4 Å². The van der Waals surface area contributed by atoms with Crippen LogP contribution in [0.25, 0.3) is 11.0 Å². The van der Waals surface area contributed by atoms with Crippen LogP contribution in [0.2, 0.25) is 5.02 Å². The van der Waals surface area contributed by atoms with Crippen molar-refractivity contribution in [3.05, 3.63) is 23.2 Å². The lowest BCUT2D eigenvalue weighted by molar-refractivity contribution is -0.118. The second kappa shape index (κ2) is 6.43. The van der Waals surface area contributed by atoms with Gasteiger partial charge in [0, 0.05) is 12.1 Å². The van der Waals surface area contributed by atoms with Crippen molar-refractivity contribution in [2.24, 2.45) is 18.7 Å². The molecule has 1 aromatic carbocycles. The molecule has 0 fully saturated rings.